The van der Waals surface area contributed by atoms with Crippen molar-refractivity contribution in [3.63, 3.8) is 0 Å². The molecule has 198 valence electrons. The molecule has 0 spiro atoms. The van der Waals surface area contributed by atoms with E-state index in [2.05, 4.69) is 0 Å². The van der Waals surface area contributed by atoms with Gasteiger partial charge in [0.1, 0.15) is 5.75 Å². The highest BCUT2D eigenvalue weighted by Gasteiger charge is 2.39. The Morgan fingerprint density at radius 2 is 1.78 bits per heavy atom. The van der Waals surface area contributed by atoms with Gasteiger partial charge in [0.2, 0.25) is 0 Å². The van der Waals surface area contributed by atoms with Crippen molar-refractivity contribution in [3.05, 3.63) is 64.7 Å². The lowest BCUT2D eigenvalue weighted by Crippen LogP contribution is -2.28. The van der Waals surface area contributed by atoms with Gasteiger partial charge in [-0.05, 0) is 68.3 Å². The van der Waals surface area contributed by atoms with Crippen molar-refractivity contribution in [1.29, 1.82) is 0 Å². The van der Waals surface area contributed by atoms with Crippen LogP contribution in [0.15, 0.2) is 42.5 Å². The summed E-state index contributed by atoms with van der Waals surface area (Å²) < 4.78 is 85.8. The first kappa shape index (κ1) is 27.8. The van der Waals surface area contributed by atoms with Crippen LogP contribution in [-0.4, -0.2) is 40.8 Å². The monoisotopic (exact) mass is 519 g/mol. The topological polar surface area (TPSA) is 70.0 Å². The Bertz CT molecular complexity index is 1070. The highest BCUT2D eigenvalue weighted by Crippen LogP contribution is 2.41. The van der Waals surface area contributed by atoms with E-state index in [0.29, 0.717) is 49.0 Å². The lowest BCUT2D eigenvalue weighted by molar-refractivity contribution is -0.145. The Morgan fingerprint density at radius 3 is 2.39 bits per heavy atom. The van der Waals surface area contributed by atoms with Gasteiger partial charge in [-0.3, -0.25) is 9.69 Å². The number of aliphatic hydroxyl groups excluding tert-OH is 1. The summed E-state index contributed by atoms with van der Waals surface area (Å²) in [5.74, 6) is -1.86. The summed E-state index contributed by atoms with van der Waals surface area (Å²) in [4.78, 5) is 12.8. The highest BCUT2D eigenvalue weighted by molar-refractivity contribution is 5.70. The fraction of sp³-hybridized carbons (Fsp3) is 0.480. The fourth-order valence-electron chi connectivity index (χ4n) is 4.32. The van der Waals surface area contributed by atoms with Gasteiger partial charge in [-0.25, -0.2) is 0 Å². The summed E-state index contributed by atoms with van der Waals surface area (Å²) in [7, 11) is 0. The van der Waals surface area contributed by atoms with Crippen LogP contribution in [0.1, 0.15) is 54.7 Å². The summed E-state index contributed by atoms with van der Waals surface area (Å²) in [6.07, 6.45) is -10.2. The van der Waals surface area contributed by atoms with E-state index in [4.69, 9.17) is 9.84 Å². The molecule has 4 atom stereocenters. The van der Waals surface area contributed by atoms with Gasteiger partial charge in [0.25, 0.3) is 0 Å². The van der Waals surface area contributed by atoms with Crippen LogP contribution in [-0.2, 0) is 17.1 Å². The second-order valence-corrected chi connectivity index (χ2v) is 9.08. The van der Waals surface area contributed by atoms with E-state index >= 15 is 0 Å². The Morgan fingerprint density at radius 1 is 1.08 bits per heavy atom. The van der Waals surface area contributed by atoms with Crippen molar-refractivity contribution in [1.82, 2.24) is 4.90 Å². The van der Waals surface area contributed by atoms with Crippen molar-refractivity contribution < 1.29 is 46.1 Å². The molecule has 0 saturated carbocycles. The number of carboxylic acid groups (broad SMARTS) is 1. The molecule has 2 aromatic rings. The molecular weight excluding hydrogens is 492 g/mol. The molecule has 1 saturated heterocycles. The molecule has 5 nitrogen and oxygen atoms in total. The van der Waals surface area contributed by atoms with Crippen molar-refractivity contribution in [2.45, 2.75) is 44.8 Å². The fourth-order valence-corrected chi connectivity index (χ4v) is 4.32. The average molecular weight is 519 g/mol. The summed E-state index contributed by atoms with van der Waals surface area (Å²) in [5, 5.41) is 19.3. The Balaban J connectivity index is 1.68. The number of hydrogen-bond donors (Lipinski definition) is 2. The predicted molar refractivity (Wildman–Crippen MR) is 118 cm³/mol. The number of ether oxygens (including phenoxy) is 1. The smallest absolute Gasteiger partial charge is 0.416 e. The molecule has 1 fully saturated rings. The molecule has 1 heterocycles. The minimum absolute atomic E-state index is 0.0842. The Hall–Kier alpha value is -2.79. The molecule has 3 rings (SSSR count). The van der Waals surface area contributed by atoms with E-state index in [1.54, 1.807) is 23.1 Å². The maximum Gasteiger partial charge on any atom is 0.416 e. The van der Waals surface area contributed by atoms with E-state index in [9.17, 15) is 36.2 Å². The molecule has 0 bridgehead atoms. The largest absolute Gasteiger partial charge is 0.493 e. The van der Waals surface area contributed by atoms with E-state index in [0.717, 1.165) is 0 Å². The van der Waals surface area contributed by atoms with E-state index in [1.807, 2.05) is 0 Å². The van der Waals surface area contributed by atoms with Crippen molar-refractivity contribution >= 4 is 5.97 Å². The lowest BCUT2D eigenvalue weighted by Gasteiger charge is -2.28. The lowest BCUT2D eigenvalue weighted by atomic mass is 9.97. The normalized spacial score (nSPS) is 19.6. The Kier molecular flexibility index (Phi) is 8.24. The van der Waals surface area contributed by atoms with Crippen molar-refractivity contribution in [2.75, 3.05) is 19.7 Å². The van der Waals surface area contributed by atoms with Crippen molar-refractivity contribution in [3.8, 4) is 5.75 Å². The third kappa shape index (κ3) is 6.50. The first-order valence-electron chi connectivity index (χ1n) is 11.3. The number of nitrogens with zero attached hydrogens (tertiary/aromatic N) is 1. The molecule has 0 aliphatic carbocycles. The second-order valence-electron chi connectivity index (χ2n) is 9.08. The number of rotatable bonds is 8. The highest BCUT2D eigenvalue weighted by atomic mass is 19.4. The average Bonchev–Trinajstić information content (AvgIpc) is 3.29. The number of aliphatic hydroxyl groups is 1. The van der Waals surface area contributed by atoms with Crippen LogP contribution in [0.3, 0.4) is 0 Å². The van der Waals surface area contributed by atoms with Crippen LogP contribution >= 0.6 is 0 Å². The van der Waals surface area contributed by atoms with E-state index in [1.165, 1.54) is 19.9 Å². The number of aliphatic carboxylic acids is 1. The molecule has 2 N–H and O–H groups in total. The van der Waals surface area contributed by atoms with Crippen LogP contribution in [0.4, 0.5) is 26.3 Å². The van der Waals surface area contributed by atoms with Gasteiger partial charge in [-0.2, -0.15) is 26.3 Å². The predicted octanol–water partition coefficient (Wildman–Crippen LogP) is 5.94. The third-order valence-electron chi connectivity index (χ3n) is 6.55. The van der Waals surface area contributed by atoms with Gasteiger partial charge in [0.05, 0.1) is 29.8 Å². The van der Waals surface area contributed by atoms with Gasteiger partial charge in [0.15, 0.2) is 0 Å². The van der Waals surface area contributed by atoms with E-state index in [-0.39, 0.29) is 12.5 Å². The van der Waals surface area contributed by atoms with Crippen LogP contribution in [0.2, 0.25) is 0 Å². The maximum atomic E-state index is 13.5. The first-order chi connectivity index (χ1) is 16.7. The number of carbonyl (C=O) groups is 1. The van der Waals surface area contributed by atoms with E-state index < -0.39 is 53.1 Å². The first-order valence-corrected chi connectivity index (χ1v) is 11.3. The molecule has 11 heteroatoms. The van der Waals surface area contributed by atoms with Crippen LogP contribution in [0.25, 0.3) is 0 Å². The molecule has 0 radical (unpaired) electrons. The number of hydrogen-bond acceptors (Lipinski definition) is 4. The maximum absolute atomic E-state index is 13.5. The SMILES string of the molecule is C[C@H](C(=O)O)[C@@H](O)c1cccc(OCC2CCN([C@H](C)c3cc(C(F)(F)F)ccc3C(F)(F)F)C2)c1. The van der Waals surface area contributed by atoms with Gasteiger partial charge in [-0.1, -0.05) is 12.1 Å². The Labute approximate surface area is 204 Å². The minimum Gasteiger partial charge on any atom is -0.493 e. The number of carboxylic acids is 1. The molecule has 0 aromatic heterocycles. The van der Waals surface area contributed by atoms with Crippen LogP contribution < -0.4 is 4.74 Å². The molecule has 2 aromatic carbocycles. The molecule has 1 aliphatic rings. The zero-order valence-electron chi connectivity index (χ0n) is 19.6. The number of halogens is 6. The van der Waals surface area contributed by atoms with Gasteiger partial charge in [-0.15, -0.1) is 0 Å². The number of alkyl halides is 6. The molecule has 0 amide bonds. The zero-order valence-corrected chi connectivity index (χ0v) is 19.6. The molecule has 1 aliphatic heterocycles. The molecule has 36 heavy (non-hydrogen) atoms. The standard InChI is InChI=1S/C25H27F6NO4/c1-14(23(34)35)22(33)17-4-3-5-19(10-17)36-13-16-8-9-32(12-16)15(2)20-11-18(24(26,27)28)6-7-21(20)25(29,30)31/h3-7,10-11,14-16,22,33H,8-9,12-13H2,1-2H3,(H,34,35)/t14-,15+,16?,22+/m0/s1. The number of benzene rings is 2. The van der Waals surface area contributed by atoms with Crippen LogP contribution in [0.5, 0.6) is 5.75 Å². The van der Waals surface area contributed by atoms with Gasteiger partial charge >= 0.3 is 18.3 Å². The summed E-state index contributed by atoms with van der Waals surface area (Å²) in [5.41, 5.74) is -2.27. The number of likely N-dealkylation sites (tertiary alicyclic amines) is 1. The van der Waals surface area contributed by atoms with Crippen LogP contribution in [0, 0.1) is 11.8 Å². The van der Waals surface area contributed by atoms with Crippen molar-refractivity contribution in [2.24, 2.45) is 11.8 Å². The zero-order chi connectivity index (χ0) is 26.8. The van der Waals surface area contributed by atoms with Gasteiger partial charge < -0.3 is 14.9 Å². The summed E-state index contributed by atoms with van der Waals surface area (Å²) >= 11 is 0. The third-order valence-corrected chi connectivity index (χ3v) is 6.55. The van der Waals surface area contributed by atoms with Gasteiger partial charge in [0, 0.05) is 18.5 Å². The minimum atomic E-state index is -4.79. The second kappa shape index (κ2) is 10.7. The molecule has 1 unspecified atom stereocenters. The summed E-state index contributed by atoms with van der Waals surface area (Å²) in [6, 6.07) is 6.95. The molecular formula is C25H27F6NO4. The quantitative estimate of drug-likeness (QED) is 0.423. The summed E-state index contributed by atoms with van der Waals surface area (Å²) in [6.45, 7) is 3.75.